The molecular weight excluding hydrogens is 370 g/mol. The Labute approximate surface area is 170 Å². The highest BCUT2D eigenvalue weighted by molar-refractivity contribution is 5.96. The maximum absolute atomic E-state index is 12.9. The van der Waals surface area contributed by atoms with Crippen LogP contribution in [0.25, 0.3) is 0 Å². The van der Waals surface area contributed by atoms with Gasteiger partial charge in [0.15, 0.2) is 0 Å². The number of ether oxygens (including phenoxy) is 2. The Balaban J connectivity index is 1.76. The molecule has 0 aromatic heterocycles. The predicted molar refractivity (Wildman–Crippen MR) is 111 cm³/mol. The lowest BCUT2D eigenvalue weighted by Crippen LogP contribution is -2.41. The van der Waals surface area contributed by atoms with Crippen molar-refractivity contribution >= 4 is 17.5 Å². The summed E-state index contributed by atoms with van der Waals surface area (Å²) < 4.78 is 10.9. The SMILES string of the molecule is COc1ccc(OC)c([C@H]2CCCN2[C@@H](C)C(=O)Nc2ccc(C(N)=O)cc2)c1. The second kappa shape index (κ2) is 8.96. The molecule has 0 bridgehead atoms. The summed E-state index contributed by atoms with van der Waals surface area (Å²) in [7, 11) is 3.29. The van der Waals surface area contributed by atoms with Crippen molar-refractivity contribution in [2.75, 3.05) is 26.1 Å². The van der Waals surface area contributed by atoms with Crippen LogP contribution in [0.1, 0.15) is 41.7 Å². The Bertz CT molecular complexity index is 882. The molecule has 1 heterocycles. The Kier molecular flexibility index (Phi) is 6.39. The van der Waals surface area contributed by atoms with Gasteiger partial charge >= 0.3 is 0 Å². The van der Waals surface area contributed by atoms with Crippen LogP contribution in [0.2, 0.25) is 0 Å². The zero-order valence-corrected chi connectivity index (χ0v) is 17.0. The number of carbonyl (C=O) groups excluding carboxylic acids is 2. The van der Waals surface area contributed by atoms with Crippen molar-refractivity contribution in [3.63, 3.8) is 0 Å². The topological polar surface area (TPSA) is 93.9 Å². The van der Waals surface area contributed by atoms with Gasteiger partial charge in [0.05, 0.1) is 20.3 Å². The molecule has 7 heteroatoms. The predicted octanol–water partition coefficient (Wildman–Crippen LogP) is 2.97. The van der Waals surface area contributed by atoms with E-state index in [1.165, 1.54) is 0 Å². The van der Waals surface area contributed by atoms with E-state index in [9.17, 15) is 9.59 Å². The number of nitrogens with zero attached hydrogens (tertiary/aromatic N) is 1. The number of carbonyl (C=O) groups is 2. The largest absolute Gasteiger partial charge is 0.497 e. The van der Waals surface area contributed by atoms with Crippen LogP contribution in [0.5, 0.6) is 11.5 Å². The number of likely N-dealkylation sites (tertiary alicyclic amines) is 1. The summed E-state index contributed by atoms with van der Waals surface area (Å²) in [5.41, 5.74) is 7.31. The average Bonchev–Trinajstić information content (AvgIpc) is 3.22. The number of anilines is 1. The molecular formula is C22H27N3O4. The van der Waals surface area contributed by atoms with Crippen LogP contribution in [0.4, 0.5) is 5.69 Å². The molecule has 2 aromatic rings. The van der Waals surface area contributed by atoms with E-state index in [1.54, 1.807) is 38.5 Å². The molecule has 2 atom stereocenters. The molecule has 3 rings (SSSR count). The summed E-state index contributed by atoms with van der Waals surface area (Å²) >= 11 is 0. The molecule has 29 heavy (non-hydrogen) atoms. The molecule has 1 saturated heterocycles. The third-order valence-electron chi connectivity index (χ3n) is 5.40. The second-order valence-corrected chi connectivity index (χ2v) is 7.11. The Morgan fingerprint density at radius 1 is 1.14 bits per heavy atom. The van der Waals surface area contributed by atoms with Crippen LogP contribution in [-0.4, -0.2) is 43.5 Å². The van der Waals surface area contributed by atoms with Crippen molar-refractivity contribution < 1.29 is 19.1 Å². The highest BCUT2D eigenvalue weighted by atomic mass is 16.5. The molecule has 1 aliphatic heterocycles. The molecule has 3 N–H and O–H groups in total. The summed E-state index contributed by atoms with van der Waals surface area (Å²) in [6.45, 7) is 2.72. The number of hydrogen-bond donors (Lipinski definition) is 2. The van der Waals surface area contributed by atoms with E-state index >= 15 is 0 Å². The Hall–Kier alpha value is -3.06. The van der Waals surface area contributed by atoms with Crippen molar-refractivity contribution in [3.8, 4) is 11.5 Å². The van der Waals surface area contributed by atoms with Gasteiger partial charge in [-0.3, -0.25) is 14.5 Å². The maximum atomic E-state index is 12.9. The van der Waals surface area contributed by atoms with Crippen LogP contribution in [0.3, 0.4) is 0 Å². The minimum absolute atomic E-state index is 0.0676. The van der Waals surface area contributed by atoms with Gasteiger partial charge < -0.3 is 20.5 Å². The average molecular weight is 397 g/mol. The highest BCUT2D eigenvalue weighted by Gasteiger charge is 2.34. The first kappa shape index (κ1) is 20.7. The number of primary amides is 1. The summed E-state index contributed by atoms with van der Waals surface area (Å²) in [5.74, 6) is 0.950. The number of amides is 2. The molecule has 0 radical (unpaired) electrons. The molecule has 1 fully saturated rings. The van der Waals surface area contributed by atoms with Crippen molar-refractivity contribution in [2.45, 2.75) is 31.8 Å². The van der Waals surface area contributed by atoms with Crippen molar-refractivity contribution in [1.82, 2.24) is 4.90 Å². The third-order valence-corrected chi connectivity index (χ3v) is 5.40. The number of hydrogen-bond acceptors (Lipinski definition) is 5. The van der Waals surface area contributed by atoms with E-state index in [0.717, 1.165) is 36.4 Å². The normalized spacial score (nSPS) is 17.6. The molecule has 0 aliphatic carbocycles. The fourth-order valence-corrected chi connectivity index (χ4v) is 3.80. The van der Waals surface area contributed by atoms with Crippen molar-refractivity contribution in [1.29, 1.82) is 0 Å². The molecule has 0 spiro atoms. The Morgan fingerprint density at radius 3 is 2.48 bits per heavy atom. The van der Waals surface area contributed by atoms with E-state index in [4.69, 9.17) is 15.2 Å². The smallest absolute Gasteiger partial charge is 0.248 e. The first-order valence-electron chi connectivity index (χ1n) is 9.63. The van der Waals surface area contributed by atoms with Gasteiger partial charge in [-0.2, -0.15) is 0 Å². The molecule has 0 saturated carbocycles. The molecule has 1 aliphatic rings. The third kappa shape index (κ3) is 4.51. The zero-order chi connectivity index (χ0) is 21.0. The second-order valence-electron chi connectivity index (χ2n) is 7.11. The van der Waals surface area contributed by atoms with Crippen LogP contribution in [-0.2, 0) is 4.79 Å². The fourth-order valence-electron chi connectivity index (χ4n) is 3.80. The van der Waals surface area contributed by atoms with Gasteiger partial charge in [0.25, 0.3) is 0 Å². The van der Waals surface area contributed by atoms with E-state index < -0.39 is 5.91 Å². The monoisotopic (exact) mass is 397 g/mol. The van der Waals surface area contributed by atoms with Crippen molar-refractivity contribution in [2.24, 2.45) is 5.73 Å². The first-order chi connectivity index (χ1) is 13.9. The lowest BCUT2D eigenvalue weighted by atomic mass is 10.0. The quantitative estimate of drug-likeness (QED) is 0.749. The van der Waals surface area contributed by atoms with Crippen LogP contribution < -0.4 is 20.5 Å². The lowest BCUT2D eigenvalue weighted by Gasteiger charge is -2.31. The van der Waals surface area contributed by atoms with Crippen LogP contribution in [0, 0.1) is 0 Å². The number of nitrogens with two attached hydrogens (primary N) is 1. The summed E-state index contributed by atoms with van der Waals surface area (Å²) in [6, 6.07) is 12.0. The summed E-state index contributed by atoms with van der Waals surface area (Å²) in [5, 5.41) is 2.92. The van der Waals surface area contributed by atoms with Crippen LogP contribution >= 0.6 is 0 Å². The number of methoxy groups -OCH3 is 2. The van der Waals surface area contributed by atoms with Gasteiger partial charge in [-0.1, -0.05) is 0 Å². The minimum Gasteiger partial charge on any atom is -0.497 e. The number of benzene rings is 2. The fraction of sp³-hybridized carbons (Fsp3) is 0.364. The van der Waals surface area contributed by atoms with Gasteiger partial charge in [-0.25, -0.2) is 0 Å². The molecule has 0 unspecified atom stereocenters. The van der Waals surface area contributed by atoms with E-state index in [0.29, 0.717) is 11.3 Å². The van der Waals surface area contributed by atoms with Gasteiger partial charge in [-0.15, -0.1) is 0 Å². The Morgan fingerprint density at radius 2 is 1.86 bits per heavy atom. The highest BCUT2D eigenvalue weighted by Crippen LogP contribution is 2.40. The van der Waals surface area contributed by atoms with E-state index in [1.807, 2.05) is 25.1 Å². The van der Waals surface area contributed by atoms with Crippen LogP contribution in [0.15, 0.2) is 42.5 Å². The molecule has 2 amide bonds. The number of nitrogens with one attached hydrogen (secondary N) is 1. The summed E-state index contributed by atoms with van der Waals surface area (Å²) in [4.78, 5) is 26.3. The molecule has 7 nitrogen and oxygen atoms in total. The minimum atomic E-state index is -0.497. The standard InChI is InChI=1S/C22H27N3O4/c1-14(22(27)24-16-8-6-15(7-9-16)21(23)26)25-12-4-5-19(25)18-13-17(28-2)10-11-20(18)29-3/h6-11,13-14,19H,4-5,12H2,1-3H3,(H2,23,26)(H,24,27)/t14-,19+/m0/s1. The van der Waals surface area contributed by atoms with Gasteiger partial charge in [0, 0.05) is 22.9 Å². The van der Waals surface area contributed by atoms with E-state index in [-0.39, 0.29) is 18.0 Å². The van der Waals surface area contributed by atoms with E-state index in [2.05, 4.69) is 10.2 Å². The van der Waals surface area contributed by atoms with Gasteiger partial charge in [0.2, 0.25) is 11.8 Å². The lowest BCUT2D eigenvalue weighted by molar-refractivity contribution is -0.121. The van der Waals surface area contributed by atoms with Crippen molar-refractivity contribution in [3.05, 3.63) is 53.6 Å². The zero-order valence-electron chi connectivity index (χ0n) is 17.0. The summed E-state index contributed by atoms with van der Waals surface area (Å²) in [6.07, 6.45) is 1.93. The maximum Gasteiger partial charge on any atom is 0.248 e. The molecule has 154 valence electrons. The van der Waals surface area contributed by atoms with Gasteiger partial charge in [-0.05, 0) is 68.8 Å². The molecule has 2 aromatic carbocycles. The van der Waals surface area contributed by atoms with Gasteiger partial charge in [0.1, 0.15) is 11.5 Å². The number of rotatable bonds is 7. The first-order valence-corrected chi connectivity index (χ1v) is 9.63.